The van der Waals surface area contributed by atoms with Crippen LogP contribution in [0.25, 0.3) is 16.9 Å². The lowest BCUT2D eigenvalue weighted by Gasteiger charge is -2.05. The van der Waals surface area contributed by atoms with Gasteiger partial charge in [0.05, 0.1) is 11.4 Å². The summed E-state index contributed by atoms with van der Waals surface area (Å²) in [6.45, 7) is 1.95. The molecule has 2 heterocycles. The third-order valence-electron chi connectivity index (χ3n) is 4.22. The highest BCUT2D eigenvalue weighted by Crippen LogP contribution is 2.20. The Balaban J connectivity index is 1.90. The zero-order valence-corrected chi connectivity index (χ0v) is 13.4. The minimum atomic E-state index is -0.120. The number of aromatic nitrogens is 3. The maximum absolute atomic E-state index is 12.5. The van der Waals surface area contributed by atoms with Crippen LogP contribution in [0.4, 0.5) is 0 Å². The van der Waals surface area contributed by atoms with Gasteiger partial charge in [0.25, 0.3) is 5.56 Å². The highest BCUT2D eigenvalue weighted by Gasteiger charge is 2.14. The first-order valence-corrected chi connectivity index (χ1v) is 7.93. The molecule has 2 aromatic carbocycles. The van der Waals surface area contributed by atoms with Crippen LogP contribution in [-0.4, -0.2) is 14.6 Å². The zero-order chi connectivity index (χ0) is 16.5. The van der Waals surface area contributed by atoms with Crippen LogP contribution in [0.5, 0.6) is 0 Å². The first-order valence-electron chi connectivity index (χ1n) is 7.93. The van der Waals surface area contributed by atoms with Gasteiger partial charge in [0.2, 0.25) is 0 Å². The molecule has 0 spiro atoms. The third kappa shape index (κ3) is 2.52. The van der Waals surface area contributed by atoms with E-state index in [-0.39, 0.29) is 5.56 Å². The number of benzene rings is 2. The van der Waals surface area contributed by atoms with E-state index < -0.39 is 0 Å². The fourth-order valence-corrected chi connectivity index (χ4v) is 2.98. The Bertz CT molecular complexity index is 1050. The van der Waals surface area contributed by atoms with Crippen LogP contribution in [0.1, 0.15) is 16.8 Å². The number of hydrogen-bond acceptors (Lipinski definition) is 2. The summed E-state index contributed by atoms with van der Waals surface area (Å²) in [7, 11) is 0. The van der Waals surface area contributed by atoms with Gasteiger partial charge in [0.1, 0.15) is 5.65 Å². The second-order valence-electron chi connectivity index (χ2n) is 5.87. The first kappa shape index (κ1) is 14.5. The average molecular weight is 315 g/mol. The molecule has 24 heavy (non-hydrogen) atoms. The molecule has 0 radical (unpaired) electrons. The lowest BCUT2D eigenvalue weighted by Crippen LogP contribution is -2.14. The third-order valence-corrected chi connectivity index (χ3v) is 4.22. The number of aryl methyl sites for hydroxylation is 1. The van der Waals surface area contributed by atoms with E-state index in [0.717, 1.165) is 34.6 Å². The van der Waals surface area contributed by atoms with Crippen LogP contribution in [0.3, 0.4) is 0 Å². The molecule has 4 nitrogen and oxygen atoms in total. The molecule has 0 unspecified atom stereocenters. The molecule has 0 fully saturated rings. The van der Waals surface area contributed by atoms with Crippen molar-refractivity contribution in [2.75, 3.05) is 0 Å². The van der Waals surface area contributed by atoms with Gasteiger partial charge >= 0.3 is 0 Å². The van der Waals surface area contributed by atoms with Crippen molar-refractivity contribution in [1.82, 2.24) is 14.6 Å². The van der Waals surface area contributed by atoms with Gasteiger partial charge in [-0.15, -0.1) is 0 Å². The van der Waals surface area contributed by atoms with Gasteiger partial charge in [-0.25, -0.2) is 0 Å². The summed E-state index contributed by atoms with van der Waals surface area (Å²) in [5.41, 5.74) is 5.56. The fraction of sp³-hybridized carbons (Fsp3) is 0.100. The number of H-pyrrole nitrogens is 1. The van der Waals surface area contributed by atoms with Gasteiger partial charge in [-0.2, -0.15) is 9.61 Å². The Morgan fingerprint density at radius 3 is 2.38 bits per heavy atom. The SMILES string of the molecule is Cc1nn2c(=O)cc(-c3ccccc3)[nH]c2c1Cc1ccccc1. The molecule has 0 aliphatic heterocycles. The van der Waals surface area contributed by atoms with Crippen LogP contribution in [0.2, 0.25) is 0 Å². The molecule has 118 valence electrons. The summed E-state index contributed by atoms with van der Waals surface area (Å²) in [5.74, 6) is 0. The average Bonchev–Trinajstić information content (AvgIpc) is 2.93. The van der Waals surface area contributed by atoms with Crippen LogP contribution >= 0.6 is 0 Å². The van der Waals surface area contributed by atoms with Crippen molar-refractivity contribution in [3.63, 3.8) is 0 Å². The van der Waals surface area contributed by atoms with Gasteiger partial charge in [-0.05, 0) is 18.1 Å². The maximum atomic E-state index is 12.5. The molecule has 0 atom stereocenters. The lowest BCUT2D eigenvalue weighted by molar-refractivity contribution is 0.882. The van der Waals surface area contributed by atoms with Crippen molar-refractivity contribution >= 4 is 5.65 Å². The fourth-order valence-electron chi connectivity index (χ4n) is 2.98. The summed E-state index contributed by atoms with van der Waals surface area (Å²) in [4.78, 5) is 15.9. The topological polar surface area (TPSA) is 50.2 Å². The molecule has 0 bridgehead atoms. The van der Waals surface area contributed by atoms with Gasteiger partial charge in [0, 0.05) is 18.1 Å². The van der Waals surface area contributed by atoms with E-state index in [0.29, 0.717) is 0 Å². The standard InChI is InChI=1S/C20H17N3O/c1-14-17(12-15-8-4-2-5-9-15)20-21-18(13-19(24)23(20)22-14)16-10-6-3-7-11-16/h2-11,13,21H,12H2,1H3. The molecular formula is C20H17N3O. The molecule has 4 rings (SSSR count). The van der Waals surface area contributed by atoms with E-state index in [4.69, 9.17) is 0 Å². The predicted molar refractivity (Wildman–Crippen MR) is 95.2 cm³/mol. The second-order valence-corrected chi connectivity index (χ2v) is 5.87. The number of rotatable bonds is 3. The molecular weight excluding hydrogens is 298 g/mol. The van der Waals surface area contributed by atoms with Gasteiger partial charge < -0.3 is 4.98 Å². The molecule has 1 N–H and O–H groups in total. The Kier molecular flexibility index (Phi) is 3.50. The summed E-state index contributed by atoms with van der Waals surface area (Å²) in [6.07, 6.45) is 0.740. The van der Waals surface area contributed by atoms with E-state index in [2.05, 4.69) is 22.2 Å². The minimum absolute atomic E-state index is 0.120. The van der Waals surface area contributed by atoms with Crippen molar-refractivity contribution in [2.24, 2.45) is 0 Å². The van der Waals surface area contributed by atoms with Crippen molar-refractivity contribution < 1.29 is 0 Å². The Hall–Kier alpha value is -3.14. The van der Waals surface area contributed by atoms with Crippen LogP contribution in [0.15, 0.2) is 71.5 Å². The molecule has 2 aromatic heterocycles. The van der Waals surface area contributed by atoms with Crippen molar-refractivity contribution in [1.29, 1.82) is 0 Å². The predicted octanol–water partition coefficient (Wildman–Crippen LogP) is 3.59. The number of hydrogen-bond donors (Lipinski definition) is 1. The number of fused-ring (bicyclic) bond motifs is 1. The molecule has 4 aromatic rings. The van der Waals surface area contributed by atoms with Crippen molar-refractivity contribution in [3.05, 3.63) is 93.9 Å². The first-order chi connectivity index (χ1) is 11.7. The van der Waals surface area contributed by atoms with Crippen molar-refractivity contribution in [2.45, 2.75) is 13.3 Å². The van der Waals surface area contributed by atoms with E-state index >= 15 is 0 Å². The van der Waals surface area contributed by atoms with E-state index in [1.165, 1.54) is 10.1 Å². The highest BCUT2D eigenvalue weighted by atomic mass is 16.1. The van der Waals surface area contributed by atoms with Gasteiger partial charge in [-0.3, -0.25) is 4.79 Å². The summed E-state index contributed by atoms with van der Waals surface area (Å²) >= 11 is 0. The molecule has 0 aliphatic rings. The van der Waals surface area contributed by atoms with Crippen molar-refractivity contribution in [3.8, 4) is 11.3 Å². The summed E-state index contributed by atoms with van der Waals surface area (Å²) < 4.78 is 1.46. The quantitative estimate of drug-likeness (QED) is 0.628. The van der Waals surface area contributed by atoms with Crippen LogP contribution < -0.4 is 5.56 Å². The Morgan fingerprint density at radius 2 is 1.67 bits per heavy atom. The van der Waals surface area contributed by atoms with Crippen LogP contribution in [-0.2, 0) is 6.42 Å². The smallest absolute Gasteiger partial charge is 0.274 e. The normalized spacial score (nSPS) is 11.0. The van der Waals surface area contributed by atoms with Gasteiger partial charge in [0.15, 0.2) is 0 Å². The number of nitrogens with zero attached hydrogens (tertiary/aromatic N) is 2. The maximum Gasteiger partial charge on any atom is 0.274 e. The largest absolute Gasteiger partial charge is 0.339 e. The number of nitrogens with one attached hydrogen (secondary N) is 1. The monoisotopic (exact) mass is 315 g/mol. The second kappa shape index (κ2) is 5.81. The Labute approximate surface area is 139 Å². The molecule has 0 amide bonds. The molecule has 0 saturated carbocycles. The van der Waals surface area contributed by atoms with E-state index in [9.17, 15) is 4.79 Å². The summed E-state index contributed by atoms with van der Waals surface area (Å²) in [6, 6.07) is 21.7. The number of aromatic amines is 1. The van der Waals surface area contributed by atoms with E-state index in [1.54, 1.807) is 6.07 Å². The molecule has 0 saturated heterocycles. The highest BCUT2D eigenvalue weighted by molar-refractivity contribution is 5.63. The van der Waals surface area contributed by atoms with Crippen LogP contribution in [0, 0.1) is 6.92 Å². The minimum Gasteiger partial charge on any atom is -0.339 e. The molecule has 4 heteroatoms. The van der Waals surface area contributed by atoms with Gasteiger partial charge in [-0.1, -0.05) is 60.7 Å². The lowest BCUT2D eigenvalue weighted by atomic mass is 10.1. The Morgan fingerprint density at radius 1 is 1.00 bits per heavy atom. The summed E-state index contributed by atoms with van der Waals surface area (Å²) in [5, 5.41) is 4.42. The van der Waals surface area contributed by atoms with E-state index in [1.807, 2.05) is 55.5 Å². The molecule has 0 aliphatic carbocycles. The zero-order valence-electron chi connectivity index (χ0n) is 13.4.